The molecule has 0 fully saturated rings. The van der Waals surface area contributed by atoms with Crippen LogP contribution in [0.2, 0.25) is 0 Å². The Bertz CT molecular complexity index is 600. The van der Waals surface area contributed by atoms with E-state index < -0.39 is 0 Å². The Kier molecular flexibility index (Phi) is 2.92. The van der Waals surface area contributed by atoms with Crippen molar-refractivity contribution >= 4 is 22.8 Å². The first kappa shape index (κ1) is 11.5. The summed E-state index contributed by atoms with van der Waals surface area (Å²) in [5.41, 5.74) is 4.05. The van der Waals surface area contributed by atoms with Gasteiger partial charge >= 0.3 is 0 Å². The van der Waals surface area contributed by atoms with Crippen LogP contribution in [-0.2, 0) is 6.42 Å². The van der Waals surface area contributed by atoms with E-state index in [-0.39, 0.29) is 5.78 Å². The zero-order valence-electron chi connectivity index (χ0n) is 10.3. The van der Waals surface area contributed by atoms with Crippen molar-refractivity contribution in [1.29, 1.82) is 0 Å². The number of anilines is 1. The first-order valence-electron chi connectivity index (χ1n) is 6.21. The molecule has 1 aromatic carbocycles. The highest BCUT2D eigenvalue weighted by Gasteiger charge is 2.14. The average molecular weight is 257 g/mol. The lowest BCUT2D eigenvalue weighted by Gasteiger charge is -2.18. The highest BCUT2D eigenvalue weighted by atomic mass is 32.1. The van der Waals surface area contributed by atoms with Crippen molar-refractivity contribution in [3.63, 3.8) is 0 Å². The van der Waals surface area contributed by atoms with E-state index in [1.165, 1.54) is 16.1 Å². The molecule has 0 unspecified atom stereocenters. The number of carbonyl (C=O) groups is 1. The van der Waals surface area contributed by atoms with E-state index in [2.05, 4.69) is 5.32 Å². The predicted octanol–water partition coefficient (Wildman–Crippen LogP) is 3.65. The average Bonchev–Trinajstić information content (AvgIpc) is 2.84. The fourth-order valence-corrected chi connectivity index (χ4v) is 3.03. The smallest absolute Gasteiger partial charge is 0.193 e. The van der Waals surface area contributed by atoms with Gasteiger partial charge in [0, 0.05) is 33.6 Å². The molecule has 0 saturated carbocycles. The summed E-state index contributed by atoms with van der Waals surface area (Å²) in [6.45, 7) is 3.06. The summed E-state index contributed by atoms with van der Waals surface area (Å²) >= 11 is 1.62. The van der Waals surface area contributed by atoms with Crippen LogP contribution in [0.15, 0.2) is 29.6 Å². The summed E-state index contributed by atoms with van der Waals surface area (Å²) in [5, 5.41) is 5.30. The molecule has 18 heavy (non-hydrogen) atoms. The molecule has 3 rings (SSSR count). The molecule has 2 aromatic rings. The number of fused-ring (bicyclic) bond motifs is 1. The number of hydrogen-bond acceptors (Lipinski definition) is 3. The first-order chi connectivity index (χ1) is 8.74. The normalized spacial score (nSPS) is 13.8. The molecule has 0 aliphatic carbocycles. The van der Waals surface area contributed by atoms with Crippen molar-refractivity contribution in [3.8, 4) is 0 Å². The highest BCUT2D eigenvalue weighted by molar-refractivity contribution is 7.10. The van der Waals surface area contributed by atoms with E-state index in [0.29, 0.717) is 0 Å². The standard InChI is InChI=1S/C15H15NOS/c1-10-7-13(9-18-10)15(17)12-4-5-14-11(8-12)3-2-6-16-14/h4-5,7-9,16H,2-3,6H2,1H3. The molecule has 1 N–H and O–H groups in total. The van der Waals surface area contributed by atoms with Crippen LogP contribution in [0, 0.1) is 6.92 Å². The molecule has 2 nitrogen and oxygen atoms in total. The molecular weight excluding hydrogens is 242 g/mol. The molecule has 0 radical (unpaired) electrons. The van der Waals surface area contributed by atoms with Gasteiger partial charge in [0.1, 0.15) is 0 Å². The van der Waals surface area contributed by atoms with Gasteiger partial charge in [0.2, 0.25) is 0 Å². The van der Waals surface area contributed by atoms with Crippen LogP contribution in [0.1, 0.15) is 32.8 Å². The second kappa shape index (κ2) is 4.58. The third-order valence-electron chi connectivity index (χ3n) is 3.30. The molecule has 0 atom stereocenters. The van der Waals surface area contributed by atoms with Crippen molar-refractivity contribution in [3.05, 3.63) is 51.2 Å². The van der Waals surface area contributed by atoms with Crippen LogP contribution < -0.4 is 5.32 Å². The maximum atomic E-state index is 12.3. The van der Waals surface area contributed by atoms with E-state index in [4.69, 9.17) is 0 Å². The lowest BCUT2D eigenvalue weighted by Crippen LogP contribution is -2.12. The maximum absolute atomic E-state index is 12.3. The number of rotatable bonds is 2. The molecule has 0 saturated heterocycles. The molecule has 0 spiro atoms. The Labute approximate surface area is 111 Å². The first-order valence-corrected chi connectivity index (χ1v) is 7.08. The Hall–Kier alpha value is -1.61. The number of hydrogen-bond donors (Lipinski definition) is 1. The monoisotopic (exact) mass is 257 g/mol. The van der Waals surface area contributed by atoms with Crippen molar-refractivity contribution in [2.75, 3.05) is 11.9 Å². The van der Waals surface area contributed by atoms with Gasteiger partial charge in [0.05, 0.1) is 0 Å². The third-order valence-corrected chi connectivity index (χ3v) is 4.16. The number of nitrogens with one attached hydrogen (secondary N) is 1. The van der Waals surface area contributed by atoms with Crippen LogP contribution in [0.4, 0.5) is 5.69 Å². The van der Waals surface area contributed by atoms with E-state index in [0.717, 1.165) is 30.5 Å². The summed E-state index contributed by atoms with van der Waals surface area (Å²) in [6.07, 6.45) is 2.20. The number of benzene rings is 1. The zero-order chi connectivity index (χ0) is 12.5. The number of ketones is 1. The summed E-state index contributed by atoms with van der Waals surface area (Å²) < 4.78 is 0. The molecule has 1 aliphatic rings. The van der Waals surface area contributed by atoms with E-state index >= 15 is 0 Å². The predicted molar refractivity (Wildman–Crippen MR) is 75.7 cm³/mol. The largest absolute Gasteiger partial charge is 0.385 e. The van der Waals surface area contributed by atoms with Crippen LogP contribution in [0.5, 0.6) is 0 Å². The molecule has 3 heteroatoms. The van der Waals surface area contributed by atoms with Crippen molar-refractivity contribution in [2.24, 2.45) is 0 Å². The van der Waals surface area contributed by atoms with Crippen LogP contribution >= 0.6 is 11.3 Å². The van der Waals surface area contributed by atoms with Crippen LogP contribution in [0.3, 0.4) is 0 Å². The fraction of sp³-hybridized carbons (Fsp3) is 0.267. The van der Waals surface area contributed by atoms with Gasteiger partial charge in [-0.25, -0.2) is 0 Å². The second-order valence-electron chi connectivity index (χ2n) is 4.68. The highest BCUT2D eigenvalue weighted by Crippen LogP contribution is 2.25. The zero-order valence-corrected chi connectivity index (χ0v) is 11.1. The van der Waals surface area contributed by atoms with E-state index in [1.807, 2.05) is 36.6 Å². The maximum Gasteiger partial charge on any atom is 0.193 e. The van der Waals surface area contributed by atoms with Gasteiger partial charge in [-0.1, -0.05) is 0 Å². The Morgan fingerprint density at radius 2 is 2.17 bits per heavy atom. The number of aryl methyl sites for hydroxylation is 2. The minimum Gasteiger partial charge on any atom is -0.385 e. The second-order valence-corrected chi connectivity index (χ2v) is 5.79. The molecular formula is C15H15NOS. The lowest BCUT2D eigenvalue weighted by molar-refractivity contribution is 0.103. The van der Waals surface area contributed by atoms with E-state index in [1.54, 1.807) is 11.3 Å². The van der Waals surface area contributed by atoms with Crippen LogP contribution in [-0.4, -0.2) is 12.3 Å². The fourth-order valence-electron chi connectivity index (χ4n) is 2.35. The van der Waals surface area contributed by atoms with Crippen LogP contribution in [0.25, 0.3) is 0 Å². The Morgan fingerprint density at radius 1 is 1.28 bits per heavy atom. The Morgan fingerprint density at radius 3 is 2.94 bits per heavy atom. The van der Waals surface area contributed by atoms with Crippen molar-refractivity contribution < 1.29 is 4.79 Å². The third kappa shape index (κ3) is 2.06. The van der Waals surface area contributed by atoms with Gasteiger partial charge in [-0.15, -0.1) is 11.3 Å². The summed E-state index contributed by atoms with van der Waals surface area (Å²) in [6, 6.07) is 7.95. The van der Waals surface area contributed by atoms with Crippen molar-refractivity contribution in [2.45, 2.75) is 19.8 Å². The topological polar surface area (TPSA) is 29.1 Å². The minimum atomic E-state index is 0.132. The van der Waals surface area contributed by atoms with Gasteiger partial charge < -0.3 is 5.32 Å². The van der Waals surface area contributed by atoms with Gasteiger partial charge in [0.25, 0.3) is 0 Å². The van der Waals surface area contributed by atoms with Gasteiger partial charge in [-0.05, 0) is 49.6 Å². The van der Waals surface area contributed by atoms with Crippen molar-refractivity contribution in [1.82, 2.24) is 0 Å². The molecule has 0 amide bonds. The minimum absolute atomic E-state index is 0.132. The van der Waals surface area contributed by atoms with E-state index in [9.17, 15) is 4.79 Å². The summed E-state index contributed by atoms with van der Waals surface area (Å²) in [7, 11) is 0. The summed E-state index contributed by atoms with van der Waals surface area (Å²) in [4.78, 5) is 13.5. The summed E-state index contributed by atoms with van der Waals surface area (Å²) in [5.74, 6) is 0.132. The van der Waals surface area contributed by atoms with Gasteiger partial charge in [0.15, 0.2) is 5.78 Å². The van der Waals surface area contributed by atoms with Gasteiger partial charge in [-0.3, -0.25) is 4.79 Å². The molecule has 2 heterocycles. The molecule has 92 valence electrons. The number of thiophene rings is 1. The Balaban J connectivity index is 1.95. The quantitative estimate of drug-likeness (QED) is 0.832. The molecule has 1 aromatic heterocycles. The molecule has 1 aliphatic heterocycles. The molecule has 0 bridgehead atoms. The van der Waals surface area contributed by atoms with Gasteiger partial charge in [-0.2, -0.15) is 0 Å². The number of carbonyl (C=O) groups excluding carboxylic acids is 1. The SMILES string of the molecule is Cc1cc(C(=O)c2ccc3c(c2)CCCN3)cs1. The lowest BCUT2D eigenvalue weighted by atomic mass is 9.97.